The zero-order valence-corrected chi connectivity index (χ0v) is 20.7. The SMILES string of the molecule is COC(=O)C1CCCC1c1ccc(NS(=O)(=O)c2c(C)c(C)cc(C)c2C)c2ccccc12. The molecule has 0 saturated heterocycles. The molecule has 6 heteroatoms. The number of ether oxygens (including phenoxy) is 1. The number of fused-ring (bicyclic) bond motifs is 1. The molecule has 0 amide bonds. The normalized spacial score (nSPS) is 18.5. The summed E-state index contributed by atoms with van der Waals surface area (Å²) in [7, 11) is -2.36. The number of carbonyl (C=O) groups is 1. The van der Waals surface area contributed by atoms with E-state index in [0.717, 1.165) is 57.9 Å². The molecule has 3 aromatic rings. The van der Waals surface area contributed by atoms with Crippen LogP contribution in [0.4, 0.5) is 5.69 Å². The minimum absolute atomic E-state index is 0.0666. The van der Waals surface area contributed by atoms with E-state index in [1.54, 1.807) is 0 Å². The predicted molar refractivity (Wildman–Crippen MR) is 132 cm³/mol. The molecular formula is C27H31NO4S. The standard InChI is InChI=1S/C27H31NO4S/c1-16-15-17(2)19(4)26(18(16)3)33(30,31)28-25-14-13-22(20-9-6-7-10-23(20)25)21-11-8-12-24(21)27(29)32-5/h6-7,9-10,13-15,21,24,28H,8,11-12H2,1-5H3. The largest absolute Gasteiger partial charge is 0.469 e. The van der Waals surface area contributed by atoms with Gasteiger partial charge < -0.3 is 4.74 Å². The van der Waals surface area contributed by atoms with Gasteiger partial charge in [-0.05, 0) is 85.7 Å². The molecule has 0 aromatic heterocycles. The number of esters is 1. The van der Waals surface area contributed by atoms with Crippen LogP contribution in [0.1, 0.15) is 53.0 Å². The van der Waals surface area contributed by atoms with Crippen molar-refractivity contribution in [3.05, 3.63) is 70.3 Å². The average Bonchev–Trinajstić information content (AvgIpc) is 3.27. The molecule has 1 aliphatic rings. The van der Waals surface area contributed by atoms with Crippen LogP contribution >= 0.6 is 0 Å². The first kappa shape index (κ1) is 23.3. The first-order valence-corrected chi connectivity index (χ1v) is 12.8. The fraction of sp³-hybridized carbons (Fsp3) is 0.370. The van der Waals surface area contributed by atoms with E-state index in [1.165, 1.54) is 7.11 Å². The van der Waals surface area contributed by atoms with Crippen molar-refractivity contribution in [2.75, 3.05) is 11.8 Å². The molecule has 1 saturated carbocycles. The number of methoxy groups -OCH3 is 1. The van der Waals surface area contributed by atoms with Gasteiger partial charge in [0.1, 0.15) is 0 Å². The van der Waals surface area contributed by atoms with Gasteiger partial charge in [0.05, 0.1) is 23.6 Å². The summed E-state index contributed by atoms with van der Waals surface area (Å²) in [5.74, 6) is -0.273. The molecule has 0 radical (unpaired) electrons. The molecule has 0 bridgehead atoms. The van der Waals surface area contributed by atoms with Crippen LogP contribution in [0, 0.1) is 33.6 Å². The van der Waals surface area contributed by atoms with E-state index in [1.807, 2.05) is 70.2 Å². The molecule has 1 fully saturated rings. The van der Waals surface area contributed by atoms with Crippen LogP contribution in [-0.4, -0.2) is 21.5 Å². The summed E-state index contributed by atoms with van der Waals surface area (Å²) in [6.45, 7) is 7.57. The predicted octanol–water partition coefficient (Wildman–Crippen LogP) is 5.93. The van der Waals surface area contributed by atoms with Crippen LogP contribution in [0.25, 0.3) is 10.8 Å². The average molecular weight is 466 g/mol. The third-order valence-electron chi connectivity index (χ3n) is 7.19. The van der Waals surface area contributed by atoms with Crippen LogP contribution in [0.15, 0.2) is 47.4 Å². The number of benzene rings is 3. The van der Waals surface area contributed by atoms with Gasteiger partial charge in [0.15, 0.2) is 0 Å². The third kappa shape index (κ3) is 4.12. The van der Waals surface area contributed by atoms with Gasteiger partial charge in [-0.1, -0.05) is 42.8 Å². The number of nitrogens with one attached hydrogen (secondary N) is 1. The smallest absolute Gasteiger partial charge is 0.309 e. The highest BCUT2D eigenvalue weighted by molar-refractivity contribution is 7.92. The monoisotopic (exact) mass is 465 g/mol. The van der Waals surface area contributed by atoms with Crippen molar-refractivity contribution in [2.24, 2.45) is 5.92 Å². The summed E-state index contributed by atoms with van der Waals surface area (Å²) in [6.07, 6.45) is 2.69. The molecule has 0 spiro atoms. The van der Waals surface area contributed by atoms with Gasteiger partial charge in [-0.15, -0.1) is 0 Å². The fourth-order valence-corrected chi connectivity index (χ4v) is 6.98. The summed E-state index contributed by atoms with van der Waals surface area (Å²) in [4.78, 5) is 12.7. The molecular weight excluding hydrogens is 434 g/mol. The van der Waals surface area contributed by atoms with Crippen molar-refractivity contribution in [3.8, 4) is 0 Å². The fourth-order valence-electron chi connectivity index (χ4n) is 5.28. The highest BCUT2D eigenvalue weighted by Crippen LogP contribution is 2.44. The first-order valence-electron chi connectivity index (χ1n) is 11.4. The number of aryl methyl sites for hydroxylation is 2. The number of rotatable bonds is 5. The molecule has 1 N–H and O–H groups in total. The van der Waals surface area contributed by atoms with Gasteiger partial charge in [-0.3, -0.25) is 9.52 Å². The maximum atomic E-state index is 13.5. The maximum absolute atomic E-state index is 13.5. The van der Waals surface area contributed by atoms with Crippen LogP contribution in [0.2, 0.25) is 0 Å². The van der Waals surface area contributed by atoms with Crippen molar-refractivity contribution in [3.63, 3.8) is 0 Å². The topological polar surface area (TPSA) is 72.5 Å². The van der Waals surface area contributed by atoms with E-state index in [-0.39, 0.29) is 17.8 Å². The van der Waals surface area contributed by atoms with Gasteiger partial charge in [0, 0.05) is 5.39 Å². The van der Waals surface area contributed by atoms with Crippen molar-refractivity contribution >= 4 is 32.5 Å². The second-order valence-corrected chi connectivity index (χ2v) is 10.7. The van der Waals surface area contributed by atoms with Gasteiger partial charge >= 0.3 is 5.97 Å². The Morgan fingerprint density at radius 3 is 2.21 bits per heavy atom. The Morgan fingerprint density at radius 1 is 0.939 bits per heavy atom. The first-order chi connectivity index (χ1) is 15.7. The van der Waals surface area contributed by atoms with E-state index in [0.29, 0.717) is 10.6 Å². The minimum atomic E-state index is -3.80. The van der Waals surface area contributed by atoms with Crippen molar-refractivity contribution in [2.45, 2.75) is 57.8 Å². The summed E-state index contributed by atoms with van der Waals surface area (Å²) in [6, 6.07) is 13.6. The lowest BCUT2D eigenvalue weighted by Crippen LogP contribution is -2.20. The second kappa shape index (κ2) is 8.82. The van der Waals surface area contributed by atoms with E-state index in [9.17, 15) is 13.2 Å². The Hall–Kier alpha value is -2.86. The molecule has 33 heavy (non-hydrogen) atoms. The maximum Gasteiger partial charge on any atom is 0.309 e. The van der Waals surface area contributed by atoms with Crippen LogP contribution in [-0.2, 0) is 19.6 Å². The van der Waals surface area contributed by atoms with Gasteiger partial charge in [-0.2, -0.15) is 0 Å². The van der Waals surface area contributed by atoms with Crippen LogP contribution in [0.5, 0.6) is 0 Å². The lowest BCUT2D eigenvalue weighted by molar-refractivity contribution is -0.145. The molecule has 3 aromatic carbocycles. The van der Waals surface area contributed by atoms with Gasteiger partial charge in [0.2, 0.25) is 0 Å². The highest BCUT2D eigenvalue weighted by Gasteiger charge is 2.36. The summed E-state index contributed by atoms with van der Waals surface area (Å²) >= 11 is 0. The Balaban J connectivity index is 1.80. The van der Waals surface area contributed by atoms with E-state index < -0.39 is 10.0 Å². The van der Waals surface area contributed by atoms with Gasteiger partial charge in [0.25, 0.3) is 10.0 Å². The van der Waals surface area contributed by atoms with Gasteiger partial charge in [-0.25, -0.2) is 8.42 Å². The Kier molecular flexibility index (Phi) is 6.23. The number of anilines is 1. The van der Waals surface area contributed by atoms with Crippen molar-refractivity contribution in [1.29, 1.82) is 0 Å². The summed E-state index contributed by atoms with van der Waals surface area (Å²) < 4.78 is 35.0. The van der Waals surface area contributed by atoms with Crippen molar-refractivity contribution in [1.82, 2.24) is 0 Å². The zero-order chi connectivity index (χ0) is 23.9. The minimum Gasteiger partial charge on any atom is -0.469 e. The Bertz CT molecular complexity index is 1320. The number of hydrogen-bond donors (Lipinski definition) is 1. The molecule has 1 aliphatic carbocycles. The number of carbonyl (C=O) groups excluding carboxylic acids is 1. The number of sulfonamides is 1. The molecule has 0 heterocycles. The van der Waals surface area contributed by atoms with Crippen LogP contribution in [0.3, 0.4) is 0 Å². The van der Waals surface area contributed by atoms with Crippen molar-refractivity contribution < 1.29 is 17.9 Å². The lowest BCUT2D eigenvalue weighted by atomic mass is 9.85. The van der Waals surface area contributed by atoms with Crippen LogP contribution < -0.4 is 4.72 Å². The zero-order valence-electron chi connectivity index (χ0n) is 19.9. The number of hydrogen-bond acceptors (Lipinski definition) is 4. The summed E-state index contributed by atoms with van der Waals surface area (Å²) in [5.41, 5.74) is 5.04. The molecule has 2 unspecified atom stereocenters. The highest BCUT2D eigenvalue weighted by atomic mass is 32.2. The second-order valence-electron chi connectivity index (χ2n) is 9.11. The molecule has 2 atom stereocenters. The Labute approximate surface area is 196 Å². The molecule has 174 valence electrons. The quantitative estimate of drug-likeness (QED) is 0.474. The summed E-state index contributed by atoms with van der Waals surface area (Å²) in [5, 5.41) is 1.79. The molecule has 5 nitrogen and oxygen atoms in total. The third-order valence-corrected chi connectivity index (χ3v) is 8.83. The lowest BCUT2D eigenvalue weighted by Gasteiger charge is -2.22. The van der Waals surface area contributed by atoms with E-state index >= 15 is 0 Å². The van der Waals surface area contributed by atoms with E-state index in [2.05, 4.69) is 4.72 Å². The van der Waals surface area contributed by atoms with E-state index in [4.69, 9.17) is 4.74 Å². The Morgan fingerprint density at radius 2 is 1.58 bits per heavy atom. The molecule has 4 rings (SSSR count). The molecule has 0 aliphatic heterocycles.